The molecule has 1 aliphatic rings. The van der Waals surface area contributed by atoms with Crippen LogP contribution >= 0.6 is 11.8 Å². The molecule has 0 aromatic carbocycles. The minimum atomic E-state index is -1.02. The van der Waals surface area contributed by atoms with Crippen LogP contribution in [0, 0.1) is 11.8 Å². The highest BCUT2D eigenvalue weighted by Crippen LogP contribution is 2.23. The Morgan fingerprint density at radius 1 is 1.55 bits per heavy atom. The van der Waals surface area contributed by atoms with Gasteiger partial charge >= 0.3 is 5.97 Å². The van der Waals surface area contributed by atoms with E-state index in [0.717, 1.165) is 12.2 Å². The Labute approximate surface area is 70.4 Å². The SMILES string of the molecule is O=C(O)C#CC1CCCCS1. The molecule has 1 unspecified atom stereocenters. The van der Waals surface area contributed by atoms with Crippen LogP contribution in [-0.2, 0) is 4.79 Å². The quantitative estimate of drug-likeness (QED) is 0.558. The second-order valence-corrected chi connectivity index (χ2v) is 3.74. The van der Waals surface area contributed by atoms with E-state index in [1.165, 1.54) is 12.8 Å². The van der Waals surface area contributed by atoms with Crippen molar-refractivity contribution in [3.63, 3.8) is 0 Å². The minimum absolute atomic E-state index is 0.264. The Hall–Kier alpha value is -0.620. The number of hydrogen-bond donors (Lipinski definition) is 1. The van der Waals surface area contributed by atoms with Gasteiger partial charge in [0, 0.05) is 5.92 Å². The first kappa shape index (κ1) is 8.48. The molecular weight excluding hydrogens is 160 g/mol. The number of aliphatic carboxylic acids is 1. The zero-order valence-electron chi connectivity index (χ0n) is 6.17. The molecule has 2 nitrogen and oxygen atoms in total. The molecule has 0 saturated carbocycles. The van der Waals surface area contributed by atoms with Crippen molar-refractivity contribution in [1.29, 1.82) is 0 Å². The van der Waals surface area contributed by atoms with Gasteiger partial charge in [-0.15, -0.1) is 11.8 Å². The maximum atomic E-state index is 10.1. The molecule has 1 atom stereocenters. The van der Waals surface area contributed by atoms with Gasteiger partial charge in [0.15, 0.2) is 0 Å². The number of carboxylic acid groups (broad SMARTS) is 1. The summed E-state index contributed by atoms with van der Waals surface area (Å²) in [5.41, 5.74) is 0. The minimum Gasteiger partial charge on any atom is -0.472 e. The summed E-state index contributed by atoms with van der Waals surface area (Å²) < 4.78 is 0. The third-order valence-corrected chi connectivity index (χ3v) is 2.80. The smallest absolute Gasteiger partial charge is 0.381 e. The van der Waals surface area contributed by atoms with Gasteiger partial charge in [0.1, 0.15) is 0 Å². The van der Waals surface area contributed by atoms with Crippen LogP contribution in [-0.4, -0.2) is 22.1 Å². The molecule has 11 heavy (non-hydrogen) atoms. The molecule has 0 aromatic rings. The average molecular weight is 170 g/mol. The third kappa shape index (κ3) is 3.33. The topological polar surface area (TPSA) is 37.3 Å². The third-order valence-electron chi connectivity index (χ3n) is 1.52. The normalized spacial score (nSPS) is 23.5. The van der Waals surface area contributed by atoms with Crippen LogP contribution in [0.4, 0.5) is 0 Å². The molecule has 0 aliphatic carbocycles. The molecular formula is C8H10O2S. The van der Waals surface area contributed by atoms with Gasteiger partial charge in [-0.3, -0.25) is 0 Å². The number of hydrogen-bond acceptors (Lipinski definition) is 2. The van der Waals surface area contributed by atoms with Gasteiger partial charge < -0.3 is 5.11 Å². The number of rotatable bonds is 0. The second kappa shape index (κ2) is 4.30. The van der Waals surface area contributed by atoms with Gasteiger partial charge in [0.05, 0.1) is 5.25 Å². The summed E-state index contributed by atoms with van der Waals surface area (Å²) in [5, 5.41) is 8.53. The Morgan fingerprint density at radius 3 is 2.91 bits per heavy atom. The first-order valence-corrected chi connectivity index (χ1v) is 4.70. The van der Waals surface area contributed by atoms with Crippen molar-refractivity contribution in [3.8, 4) is 11.8 Å². The fraction of sp³-hybridized carbons (Fsp3) is 0.625. The lowest BCUT2D eigenvalue weighted by Gasteiger charge is -2.14. The lowest BCUT2D eigenvalue weighted by molar-refractivity contribution is -0.130. The van der Waals surface area contributed by atoms with E-state index in [0.29, 0.717) is 0 Å². The summed E-state index contributed by atoms with van der Waals surface area (Å²) in [6.07, 6.45) is 3.48. The monoisotopic (exact) mass is 170 g/mol. The van der Waals surface area contributed by atoms with Crippen LogP contribution in [0.3, 0.4) is 0 Å². The van der Waals surface area contributed by atoms with Gasteiger partial charge in [-0.1, -0.05) is 12.3 Å². The van der Waals surface area contributed by atoms with E-state index in [1.54, 1.807) is 11.8 Å². The summed E-state index contributed by atoms with van der Waals surface area (Å²) >= 11 is 1.77. The zero-order chi connectivity index (χ0) is 8.10. The molecule has 1 fully saturated rings. The van der Waals surface area contributed by atoms with Crippen molar-refractivity contribution in [2.75, 3.05) is 5.75 Å². The van der Waals surface area contributed by atoms with Crippen LogP contribution < -0.4 is 0 Å². The number of carboxylic acids is 1. The summed E-state index contributed by atoms with van der Waals surface area (Å²) in [6, 6.07) is 0. The highest BCUT2D eigenvalue weighted by Gasteiger charge is 2.10. The molecule has 1 saturated heterocycles. The molecule has 0 bridgehead atoms. The van der Waals surface area contributed by atoms with Crippen LogP contribution in [0.2, 0.25) is 0 Å². The Balaban J connectivity index is 2.36. The standard InChI is InChI=1S/C8H10O2S/c9-8(10)5-4-7-3-1-2-6-11-7/h7H,1-3,6H2,(H,9,10). The van der Waals surface area contributed by atoms with Crippen LogP contribution in [0.5, 0.6) is 0 Å². The van der Waals surface area contributed by atoms with Crippen molar-refractivity contribution in [2.24, 2.45) is 0 Å². The van der Waals surface area contributed by atoms with Gasteiger partial charge in [-0.25, -0.2) is 4.79 Å². The Morgan fingerprint density at radius 2 is 2.36 bits per heavy atom. The molecule has 3 heteroatoms. The predicted octanol–water partition coefficient (Wildman–Crippen LogP) is 1.36. The maximum absolute atomic E-state index is 10.1. The molecule has 1 N–H and O–H groups in total. The molecule has 1 rings (SSSR count). The number of thioether (sulfide) groups is 1. The van der Waals surface area contributed by atoms with Crippen LogP contribution in [0.15, 0.2) is 0 Å². The average Bonchev–Trinajstić information content (AvgIpc) is 2.03. The van der Waals surface area contributed by atoms with E-state index in [2.05, 4.69) is 11.8 Å². The molecule has 0 amide bonds. The van der Waals surface area contributed by atoms with E-state index in [9.17, 15) is 4.79 Å². The number of carbonyl (C=O) groups is 1. The summed E-state index contributed by atoms with van der Waals surface area (Å²) in [5.74, 6) is 5.00. The first-order valence-electron chi connectivity index (χ1n) is 3.65. The van der Waals surface area contributed by atoms with Gasteiger partial charge in [-0.05, 0) is 18.6 Å². The fourth-order valence-corrected chi connectivity index (χ4v) is 2.13. The lowest BCUT2D eigenvalue weighted by Crippen LogP contribution is -2.07. The molecule has 0 aromatic heterocycles. The van der Waals surface area contributed by atoms with E-state index in [-0.39, 0.29) is 5.25 Å². The van der Waals surface area contributed by atoms with Crippen molar-refractivity contribution in [2.45, 2.75) is 24.5 Å². The Kier molecular flexibility index (Phi) is 3.31. The fourth-order valence-electron chi connectivity index (χ4n) is 0.997. The van der Waals surface area contributed by atoms with E-state index >= 15 is 0 Å². The summed E-state index contributed by atoms with van der Waals surface area (Å²) in [4.78, 5) is 10.1. The van der Waals surface area contributed by atoms with Crippen LogP contribution in [0.25, 0.3) is 0 Å². The van der Waals surface area contributed by atoms with Gasteiger partial charge in [-0.2, -0.15) is 0 Å². The maximum Gasteiger partial charge on any atom is 0.381 e. The van der Waals surface area contributed by atoms with Gasteiger partial charge in [0.25, 0.3) is 0 Å². The largest absolute Gasteiger partial charge is 0.472 e. The second-order valence-electron chi connectivity index (χ2n) is 2.43. The van der Waals surface area contributed by atoms with Crippen molar-refractivity contribution in [3.05, 3.63) is 0 Å². The van der Waals surface area contributed by atoms with Gasteiger partial charge in [0.2, 0.25) is 0 Å². The molecule has 1 aliphatic heterocycles. The molecule has 0 radical (unpaired) electrons. The van der Waals surface area contributed by atoms with Crippen molar-refractivity contribution in [1.82, 2.24) is 0 Å². The molecule has 60 valence electrons. The zero-order valence-corrected chi connectivity index (χ0v) is 6.99. The molecule has 0 spiro atoms. The van der Waals surface area contributed by atoms with Crippen molar-refractivity contribution < 1.29 is 9.90 Å². The highest BCUT2D eigenvalue weighted by molar-refractivity contribution is 8.00. The predicted molar refractivity (Wildman–Crippen MR) is 45.5 cm³/mol. The van der Waals surface area contributed by atoms with Crippen LogP contribution in [0.1, 0.15) is 19.3 Å². The van der Waals surface area contributed by atoms with E-state index < -0.39 is 5.97 Å². The summed E-state index contributed by atoms with van der Waals surface area (Å²) in [6.45, 7) is 0. The van der Waals surface area contributed by atoms with E-state index in [1.807, 2.05) is 0 Å². The van der Waals surface area contributed by atoms with E-state index in [4.69, 9.17) is 5.11 Å². The summed E-state index contributed by atoms with van der Waals surface area (Å²) in [7, 11) is 0. The molecule has 1 heterocycles. The first-order chi connectivity index (χ1) is 5.29. The Bertz CT molecular complexity index is 196. The lowest BCUT2D eigenvalue weighted by atomic mass is 10.2. The highest BCUT2D eigenvalue weighted by atomic mass is 32.2. The van der Waals surface area contributed by atoms with Crippen molar-refractivity contribution >= 4 is 17.7 Å².